The summed E-state index contributed by atoms with van der Waals surface area (Å²) in [5, 5.41) is 1.88. The van der Waals surface area contributed by atoms with Gasteiger partial charge in [-0.2, -0.15) is 0 Å². The standard InChI is InChI=1S/C32H26N2O/c1-21-18-27(33-19-25(21)22-12-6-4-7-13-22)26-20-34-31(32(2,3)23-14-8-5-9-15-23)29-24-16-10-11-17-28(24)35-30(26)29/h4-20H,1-3H3/i1D3. The molecule has 3 aromatic heterocycles. The highest BCUT2D eigenvalue weighted by Gasteiger charge is 2.30. The van der Waals surface area contributed by atoms with Crippen molar-refractivity contribution in [2.45, 2.75) is 26.1 Å². The number of rotatable bonds is 4. The van der Waals surface area contributed by atoms with Crippen LogP contribution in [0.25, 0.3) is 44.3 Å². The molecule has 3 nitrogen and oxygen atoms in total. The number of aryl methyl sites for hydroxylation is 1. The molecule has 3 heterocycles. The lowest BCUT2D eigenvalue weighted by Gasteiger charge is -2.26. The summed E-state index contributed by atoms with van der Waals surface area (Å²) in [5.41, 5.74) is 5.84. The Morgan fingerprint density at radius 3 is 2.23 bits per heavy atom. The van der Waals surface area contributed by atoms with E-state index >= 15 is 0 Å². The first kappa shape index (κ1) is 18.1. The van der Waals surface area contributed by atoms with Gasteiger partial charge in [0.15, 0.2) is 0 Å². The van der Waals surface area contributed by atoms with Crippen LogP contribution in [0.5, 0.6) is 0 Å². The summed E-state index contributed by atoms with van der Waals surface area (Å²) in [6, 6.07) is 29.3. The molecule has 35 heavy (non-hydrogen) atoms. The number of hydrogen-bond donors (Lipinski definition) is 0. The third-order valence-corrected chi connectivity index (χ3v) is 6.75. The molecule has 3 aromatic carbocycles. The first-order valence-corrected chi connectivity index (χ1v) is 11.7. The SMILES string of the molecule is [2H]C([2H])([2H])c1cc(-c2cnc(C(C)(C)c3ccccc3)c3c2oc2ccccc23)ncc1-c1ccccc1. The molecule has 0 aliphatic carbocycles. The molecule has 0 spiro atoms. The van der Waals surface area contributed by atoms with Gasteiger partial charge >= 0.3 is 0 Å². The van der Waals surface area contributed by atoms with Crippen LogP contribution in [-0.2, 0) is 5.41 Å². The molecule has 3 heteroatoms. The van der Waals surface area contributed by atoms with Crippen LogP contribution < -0.4 is 0 Å². The van der Waals surface area contributed by atoms with Crippen LogP contribution in [-0.4, -0.2) is 9.97 Å². The van der Waals surface area contributed by atoms with Crippen molar-refractivity contribution in [1.82, 2.24) is 9.97 Å². The minimum atomic E-state index is -2.32. The van der Waals surface area contributed by atoms with Crippen LogP contribution in [0.2, 0.25) is 0 Å². The molecule has 0 N–H and O–H groups in total. The molecule has 0 radical (unpaired) electrons. The van der Waals surface area contributed by atoms with E-state index in [9.17, 15) is 0 Å². The van der Waals surface area contributed by atoms with E-state index in [4.69, 9.17) is 18.5 Å². The molecule has 6 rings (SSSR count). The van der Waals surface area contributed by atoms with Crippen LogP contribution in [0.15, 0.2) is 108 Å². The normalized spacial score (nSPS) is 13.5. The Labute approximate surface area is 209 Å². The van der Waals surface area contributed by atoms with Crippen molar-refractivity contribution in [3.05, 3.63) is 120 Å². The van der Waals surface area contributed by atoms with E-state index in [1.807, 2.05) is 72.8 Å². The summed E-state index contributed by atoms with van der Waals surface area (Å²) in [4.78, 5) is 9.71. The maximum Gasteiger partial charge on any atom is 0.148 e. The van der Waals surface area contributed by atoms with Gasteiger partial charge in [0.2, 0.25) is 0 Å². The summed E-state index contributed by atoms with van der Waals surface area (Å²) < 4.78 is 31.2. The topological polar surface area (TPSA) is 38.9 Å². The van der Waals surface area contributed by atoms with Gasteiger partial charge in [0.05, 0.1) is 22.3 Å². The van der Waals surface area contributed by atoms with Gasteiger partial charge in [0, 0.05) is 32.9 Å². The smallest absolute Gasteiger partial charge is 0.148 e. The number of aromatic nitrogens is 2. The number of nitrogens with zero attached hydrogens (tertiary/aromatic N) is 2. The van der Waals surface area contributed by atoms with Crippen LogP contribution >= 0.6 is 0 Å². The van der Waals surface area contributed by atoms with Crippen molar-refractivity contribution >= 4 is 21.9 Å². The van der Waals surface area contributed by atoms with Gasteiger partial charge in [-0.25, -0.2) is 0 Å². The first-order chi connectivity index (χ1) is 18.2. The number of furan rings is 1. The summed E-state index contributed by atoms with van der Waals surface area (Å²) >= 11 is 0. The summed E-state index contributed by atoms with van der Waals surface area (Å²) in [6.07, 6.45) is 3.40. The molecular formula is C32H26N2O. The predicted octanol–water partition coefficient (Wildman–Crippen LogP) is 8.34. The summed E-state index contributed by atoms with van der Waals surface area (Å²) in [6.45, 7) is 1.99. The maximum atomic E-state index is 8.25. The van der Waals surface area contributed by atoms with Crippen molar-refractivity contribution in [3.63, 3.8) is 0 Å². The molecule has 0 aliphatic rings. The van der Waals surface area contributed by atoms with E-state index in [-0.39, 0.29) is 5.56 Å². The fraction of sp³-hybridized carbons (Fsp3) is 0.125. The Morgan fingerprint density at radius 2 is 1.46 bits per heavy atom. The third kappa shape index (κ3) is 3.52. The number of pyridine rings is 2. The number of hydrogen-bond acceptors (Lipinski definition) is 3. The fourth-order valence-electron chi connectivity index (χ4n) is 4.82. The molecule has 0 bridgehead atoms. The molecule has 0 amide bonds. The highest BCUT2D eigenvalue weighted by molar-refractivity contribution is 6.10. The van der Waals surface area contributed by atoms with E-state index in [1.54, 1.807) is 18.5 Å². The zero-order valence-corrected chi connectivity index (χ0v) is 19.6. The molecule has 0 saturated heterocycles. The van der Waals surface area contributed by atoms with Crippen molar-refractivity contribution in [3.8, 4) is 22.4 Å². The summed E-state index contributed by atoms with van der Waals surface area (Å²) in [5.74, 6) is 0. The van der Waals surface area contributed by atoms with Crippen molar-refractivity contribution in [2.75, 3.05) is 0 Å². The second-order valence-electron chi connectivity index (χ2n) is 9.30. The Hall–Kier alpha value is -4.24. The van der Waals surface area contributed by atoms with Gasteiger partial charge < -0.3 is 4.42 Å². The zero-order valence-electron chi connectivity index (χ0n) is 22.6. The number of benzene rings is 3. The van der Waals surface area contributed by atoms with E-state index in [1.165, 1.54) is 0 Å². The lowest BCUT2D eigenvalue weighted by atomic mass is 9.79. The molecular weight excluding hydrogens is 428 g/mol. The Balaban J connectivity index is 1.62. The molecule has 0 unspecified atom stereocenters. The average molecular weight is 458 g/mol. The second kappa shape index (κ2) is 8.21. The minimum Gasteiger partial charge on any atom is -0.455 e. The first-order valence-electron chi connectivity index (χ1n) is 13.2. The van der Waals surface area contributed by atoms with Gasteiger partial charge in [-0.1, -0.05) is 92.7 Å². The van der Waals surface area contributed by atoms with E-state index in [2.05, 4.69) is 26.0 Å². The number of para-hydroxylation sites is 1. The van der Waals surface area contributed by atoms with Crippen molar-refractivity contribution in [2.24, 2.45) is 0 Å². The third-order valence-electron chi connectivity index (χ3n) is 6.75. The van der Waals surface area contributed by atoms with E-state index in [0.717, 1.165) is 33.2 Å². The molecule has 170 valence electrons. The zero-order chi connectivity index (χ0) is 26.5. The molecule has 0 fully saturated rings. The maximum absolute atomic E-state index is 8.25. The van der Waals surface area contributed by atoms with Gasteiger partial charge in [0.25, 0.3) is 0 Å². The fourth-order valence-corrected chi connectivity index (χ4v) is 4.82. The highest BCUT2D eigenvalue weighted by Crippen LogP contribution is 2.42. The minimum absolute atomic E-state index is 0.242. The monoisotopic (exact) mass is 457 g/mol. The summed E-state index contributed by atoms with van der Waals surface area (Å²) in [7, 11) is 0. The molecule has 0 aliphatic heterocycles. The number of fused-ring (bicyclic) bond motifs is 3. The Bertz CT molecular complexity index is 1770. The van der Waals surface area contributed by atoms with Crippen molar-refractivity contribution in [1.29, 1.82) is 0 Å². The van der Waals surface area contributed by atoms with Crippen molar-refractivity contribution < 1.29 is 8.53 Å². The Morgan fingerprint density at radius 1 is 0.771 bits per heavy atom. The second-order valence-corrected chi connectivity index (χ2v) is 9.30. The van der Waals surface area contributed by atoms with Crippen LogP contribution in [0.3, 0.4) is 0 Å². The molecule has 6 aromatic rings. The van der Waals surface area contributed by atoms with Gasteiger partial charge in [-0.3, -0.25) is 9.97 Å². The average Bonchev–Trinajstić information content (AvgIpc) is 3.32. The van der Waals surface area contributed by atoms with Gasteiger partial charge in [0.1, 0.15) is 11.2 Å². The molecule has 0 saturated carbocycles. The van der Waals surface area contributed by atoms with E-state index < -0.39 is 12.3 Å². The largest absolute Gasteiger partial charge is 0.455 e. The van der Waals surface area contributed by atoms with Gasteiger partial charge in [-0.15, -0.1) is 0 Å². The van der Waals surface area contributed by atoms with Crippen LogP contribution in [0, 0.1) is 6.85 Å². The highest BCUT2D eigenvalue weighted by atomic mass is 16.3. The van der Waals surface area contributed by atoms with Gasteiger partial charge in [-0.05, 0) is 35.7 Å². The van der Waals surface area contributed by atoms with Crippen LogP contribution in [0.1, 0.15) is 34.8 Å². The van der Waals surface area contributed by atoms with E-state index in [0.29, 0.717) is 22.4 Å². The Kier molecular flexibility index (Phi) is 4.25. The quantitative estimate of drug-likeness (QED) is 0.267. The molecule has 0 atom stereocenters. The van der Waals surface area contributed by atoms with Crippen LogP contribution in [0.4, 0.5) is 0 Å². The predicted molar refractivity (Wildman–Crippen MR) is 143 cm³/mol. The lowest BCUT2D eigenvalue weighted by Crippen LogP contribution is -2.21. The lowest BCUT2D eigenvalue weighted by molar-refractivity contribution is 0.621.